The van der Waals surface area contributed by atoms with Crippen LogP contribution < -0.4 is 10.9 Å². The molecule has 1 heterocycles. The number of halogens is 1. The lowest BCUT2D eigenvalue weighted by Crippen LogP contribution is -2.29. The van der Waals surface area contributed by atoms with Crippen LogP contribution in [0.5, 0.6) is 5.75 Å². The monoisotopic (exact) mass is 307 g/mol. The van der Waals surface area contributed by atoms with Crippen molar-refractivity contribution >= 4 is 16.9 Å². The van der Waals surface area contributed by atoms with Crippen molar-refractivity contribution in [3.63, 3.8) is 0 Å². The third kappa shape index (κ3) is 3.63. The molecule has 0 saturated heterocycles. The molecule has 0 atom stereocenters. The largest absolute Gasteiger partial charge is 0.508 e. The van der Waals surface area contributed by atoms with E-state index >= 15 is 0 Å². The molecule has 2 aromatic rings. The highest BCUT2D eigenvalue weighted by Gasteiger charge is 2.15. The van der Waals surface area contributed by atoms with Crippen molar-refractivity contribution in [1.82, 2.24) is 5.32 Å². The fraction of sp³-hybridized carbons (Fsp3) is 0.375. The Hall–Kier alpha value is -2.37. The molecular formula is C16H18FNO4. The lowest BCUT2D eigenvalue weighted by atomic mass is 10.1. The zero-order valence-electron chi connectivity index (χ0n) is 12.3. The van der Waals surface area contributed by atoms with Gasteiger partial charge in [-0.1, -0.05) is 26.2 Å². The summed E-state index contributed by atoms with van der Waals surface area (Å²) in [7, 11) is 0. The van der Waals surface area contributed by atoms with Gasteiger partial charge in [0, 0.05) is 18.7 Å². The van der Waals surface area contributed by atoms with Gasteiger partial charge in [0.15, 0.2) is 0 Å². The number of phenols is 1. The fourth-order valence-electron chi connectivity index (χ4n) is 2.17. The molecule has 0 aliphatic heterocycles. The van der Waals surface area contributed by atoms with Crippen LogP contribution in [-0.2, 0) is 0 Å². The van der Waals surface area contributed by atoms with Gasteiger partial charge in [-0.3, -0.25) is 4.79 Å². The van der Waals surface area contributed by atoms with Crippen LogP contribution in [-0.4, -0.2) is 17.6 Å². The highest BCUT2D eigenvalue weighted by atomic mass is 19.1. The maximum atomic E-state index is 13.8. The topological polar surface area (TPSA) is 79.5 Å². The number of benzene rings is 1. The zero-order chi connectivity index (χ0) is 16.1. The molecule has 0 unspecified atom stereocenters. The van der Waals surface area contributed by atoms with E-state index in [2.05, 4.69) is 12.2 Å². The number of carbonyl (C=O) groups excluding carboxylic acids is 1. The summed E-state index contributed by atoms with van der Waals surface area (Å²) in [6.07, 6.45) is 3.99. The molecule has 6 heteroatoms. The number of hydrogen-bond acceptors (Lipinski definition) is 4. The van der Waals surface area contributed by atoms with Gasteiger partial charge in [-0.25, -0.2) is 9.18 Å². The summed E-state index contributed by atoms with van der Waals surface area (Å²) >= 11 is 0. The Labute approximate surface area is 126 Å². The van der Waals surface area contributed by atoms with Crippen LogP contribution in [0.15, 0.2) is 27.4 Å². The number of phenolic OH excluding ortho intramolecular Hbond substituents is 1. The number of unbranched alkanes of at least 4 members (excludes halogenated alkanes) is 3. The molecule has 0 fully saturated rings. The van der Waals surface area contributed by atoms with E-state index in [4.69, 9.17) is 4.42 Å². The number of nitrogens with one attached hydrogen (secondary N) is 1. The normalized spacial score (nSPS) is 10.8. The van der Waals surface area contributed by atoms with Gasteiger partial charge < -0.3 is 14.8 Å². The highest BCUT2D eigenvalue weighted by Crippen LogP contribution is 2.23. The molecule has 0 radical (unpaired) electrons. The van der Waals surface area contributed by atoms with Crippen LogP contribution in [0.4, 0.5) is 4.39 Å². The summed E-state index contributed by atoms with van der Waals surface area (Å²) in [5.41, 5.74) is -1.20. The van der Waals surface area contributed by atoms with Crippen LogP contribution in [0, 0.1) is 5.82 Å². The number of hydrogen-bond donors (Lipinski definition) is 2. The van der Waals surface area contributed by atoms with Crippen LogP contribution in [0.3, 0.4) is 0 Å². The van der Waals surface area contributed by atoms with Crippen LogP contribution in [0.25, 0.3) is 11.0 Å². The SMILES string of the molecule is CCCCCCNC(=O)c1cc2c(F)cc(O)cc2oc1=O. The molecule has 0 aliphatic carbocycles. The smallest absolute Gasteiger partial charge is 0.349 e. The maximum absolute atomic E-state index is 13.8. The number of rotatable bonds is 6. The first-order valence-corrected chi connectivity index (χ1v) is 7.27. The number of carbonyl (C=O) groups is 1. The average molecular weight is 307 g/mol. The van der Waals surface area contributed by atoms with Gasteiger partial charge in [-0.15, -0.1) is 0 Å². The van der Waals surface area contributed by atoms with Gasteiger partial charge in [0.05, 0.1) is 5.39 Å². The van der Waals surface area contributed by atoms with Gasteiger partial charge in [-0.2, -0.15) is 0 Å². The van der Waals surface area contributed by atoms with Gasteiger partial charge in [0.1, 0.15) is 22.7 Å². The molecule has 0 aliphatic rings. The first kappa shape index (κ1) is 16.0. The minimum atomic E-state index is -0.858. The van der Waals surface area contributed by atoms with Crippen LogP contribution in [0.1, 0.15) is 43.0 Å². The van der Waals surface area contributed by atoms with Gasteiger partial charge >= 0.3 is 5.63 Å². The second-order valence-corrected chi connectivity index (χ2v) is 5.10. The summed E-state index contributed by atoms with van der Waals surface area (Å²) in [6, 6.07) is 3.18. The Morgan fingerprint density at radius 1 is 1.27 bits per heavy atom. The Balaban J connectivity index is 2.19. The summed E-state index contributed by atoms with van der Waals surface area (Å²) in [5, 5.41) is 11.9. The summed E-state index contributed by atoms with van der Waals surface area (Å²) < 4.78 is 18.7. The molecule has 5 nitrogen and oxygen atoms in total. The molecule has 1 aromatic carbocycles. The lowest BCUT2D eigenvalue weighted by Gasteiger charge is -2.06. The van der Waals surface area contributed by atoms with Crippen molar-refractivity contribution < 1.29 is 18.7 Å². The number of aromatic hydroxyl groups is 1. The van der Waals surface area contributed by atoms with E-state index in [0.29, 0.717) is 6.54 Å². The third-order valence-electron chi connectivity index (χ3n) is 3.35. The molecule has 2 N–H and O–H groups in total. The molecule has 0 spiro atoms. The Morgan fingerprint density at radius 3 is 2.77 bits per heavy atom. The fourth-order valence-corrected chi connectivity index (χ4v) is 2.17. The van der Waals surface area contributed by atoms with E-state index in [1.807, 2.05) is 0 Å². The first-order valence-electron chi connectivity index (χ1n) is 7.27. The van der Waals surface area contributed by atoms with Crippen LogP contribution >= 0.6 is 0 Å². The maximum Gasteiger partial charge on any atom is 0.349 e. The van der Waals surface area contributed by atoms with Crippen molar-refractivity contribution in [2.24, 2.45) is 0 Å². The summed E-state index contributed by atoms with van der Waals surface area (Å²) in [6.45, 7) is 2.54. The predicted molar refractivity (Wildman–Crippen MR) is 80.6 cm³/mol. The number of amides is 1. The Kier molecular flexibility index (Phi) is 5.14. The third-order valence-corrected chi connectivity index (χ3v) is 3.35. The molecule has 1 aromatic heterocycles. The van der Waals surface area contributed by atoms with E-state index in [-0.39, 0.29) is 22.3 Å². The predicted octanol–water partition coefficient (Wildman–Crippen LogP) is 2.95. The Morgan fingerprint density at radius 2 is 2.05 bits per heavy atom. The molecule has 0 saturated carbocycles. The summed E-state index contributed by atoms with van der Waals surface area (Å²) in [5.74, 6) is -1.68. The van der Waals surface area contributed by atoms with Crippen LogP contribution in [0.2, 0.25) is 0 Å². The standard InChI is InChI=1S/C16H18FNO4/c1-2-3-4-5-6-18-15(20)12-9-11-13(17)7-10(19)8-14(11)22-16(12)21/h7-9,19H,2-6H2,1H3,(H,18,20). The van der Waals surface area contributed by atoms with Crippen molar-refractivity contribution in [2.75, 3.05) is 6.54 Å². The second-order valence-electron chi connectivity index (χ2n) is 5.10. The highest BCUT2D eigenvalue weighted by molar-refractivity contribution is 5.96. The summed E-state index contributed by atoms with van der Waals surface area (Å²) in [4.78, 5) is 23.8. The van der Waals surface area contributed by atoms with Crippen molar-refractivity contribution in [2.45, 2.75) is 32.6 Å². The zero-order valence-corrected chi connectivity index (χ0v) is 12.3. The average Bonchev–Trinajstić information content (AvgIpc) is 2.45. The Bertz CT molecular complexity index is 739. The number of fused-ring (bicyclic) bond motifs is 1. The molecule has 1 amide bonds. The quantitative estimate of drug-likeness (QED) is 0.635. The first-order chi connectivity index (χ1) is 10.5. The molecule has 0 bridgehead atoms. The van der Waals surface area contributed by atoms with E-state index in [1.54, 1.807) is 0 Å². The minimum Gasteiger partial charge on any atom is -0.508 e. The minimum absolute atomic E-state index is 0.0199. The second kappa shape index (κ2) is 7.06. The van der Waals surface area contributed by atoms with Crippen molar-refractivity contribution in [3.8, 4) is 5.75 Å². The lowest BCUT2D eigenvalue weighted by molar-refractivity contribution is 0.0949. The molecule has 2 rings (SSSR count). The van der Waals surface area contributed by atoms with Gasteiger partial charge in [0.2, 0.25) is 0 Å². The van der Waals surface area contributed by atoms with E-state index in [9.17, 15) is 19.1 Å². The molecule has 22 heavy (non-hydrogen) atoms. The van der Waals surface area contributed by atoms with Gasteiger partial charge in [0.25, 0.3) is 5.91 Å². The van der Waals surface area contributed by atoms with Crippen molar-refractivity contribution in [3.05, 3.63) is 40.0 Å². The van der Waals surface area contributed by atoms with E-state index < -0.39 is 17.3 Å². The molecular weight excluding hydrogens is 289 g/mol. The molecule has 118 valence electrons. The van der Waals surface area contributed by atoms with E-state index in [0.717, 1.165) is 43.9 Å². The van der Waals surface area contributed by atoms with Gasteiger partial charge in [-0.05, 0) is 12.5 Å². The van der Waals surface area contributed by atoms with Crippen molar-refractivity contribution in [1.29, 1.82) is 0 Å². The van der Waals surface area contributed by atoms with E-state index in [1.165, 1.54) is 0 Å².